The zero-order valence-corrected chi connectivity index (χ0v) is 10.6. The van der Waals surface area contributed by atoms with Crippen LogP contribution < -0.4 is 0 Å². The highest BCUT2D eigenvalue weighted by molar-refractivity contribution is 5.40. The van der Waals surface area contributed by atoms with Crippen molar-refractivity contribution in [2.24, 2.45) is 0 Å². The highest BCUT2D eigenvalue weighted by Crippen LogP contribution is 2.23. The molecule has 0 saturated carbocycles. The minimum atomic E-state index is 0.111. The van der Waals surface area contributed by atoms with E-state index in [4.69, 9.17) is 5.11 Å². The Labute approximate surface area is 103 Å². The number of benzene rings is 1. The van der Waals surface area contributed by atoms with Gasteiger partial charge in [0.25, 0.3) is 0 Å². The van der Waals surface area contributed by atoms with Gasteiger partial charge in [-0.2, -0.15) is 0 Å². The van der Waals surface area contributed by atoms with Gasteiger partial charge in [0.1, 0.15) is 5.75 Å². The molecule has 0 saturated heterocycles. The minimum absolute atomic E-state index is 0.111. The van der Waals surface area contributed by atoms with E-state index >= 15 is 0 Å². The van der Waals surface area contributed by atoms with Crippen molar-refractivity contribution in [1.29, 1.82) is 0 Å². The largest absolute Gasteiger partial charge is 0.508 e. The Bertz CT molecular complexity index is 388. The molecule has 0 atom stereocenters. The van der Waals surface area contributed by atoms with Crippen LogP contribution in [-0.4, -0.2) is 34.8 Å². The molecule has 0 aromatic heterocycles. The van der Waals surface area contributed by atoms with Crippen LogP contribution >= 0.6 is 0 Å². The lowest BCUT2D eigenvalue weighted by Crippen LogP contribution is -2.26. The lowest BCUT2D eigenvalue weighted by Gasteiger charge is -2.20. The van der Waals surface area contributed by atoms with Gasteiger partial charge in [0.2, 0.25) is 0 Å². The molecule has 2 N–H and O–H groups in total. The number of aromatic hydroxyl groups is 1. The van der Waals surface area contributed by atoms with E-state index < -0.39 is 0 Å². The molecule has 3 heteroatoms. The molecule has 94 valence electrons. The Hall–Kier alpha value is -1.32. The molecule has 0 bridgehead atoms. The van der Waals surface area contributed by atoms with Gasteiger partial charge in [-0.3, -0.25) is 4.90 Å². The average Bonchev–Trinajstić information content (AvgIpc) is 2.26. The molecular weight excluding hydrogens is 214 g/mol. The van der Waals surface area contributed by atoms with E-state index in [1.165, 1.54) is 5.56 Å². The summed E-state index contributed by atoms with van der Waals surface area (Å²) in [6.07, 6.45) is 1.80. The number of hydrogen-bond donors (Lipinski definition) is 2. The maximum Gasteiger partial charge on any atom is 0.120 e. The lowest BCUT2D eigenvalue weighted by atomic mass is 10.0. The topological polar surface area (TPSA) is 43.7 Å². The average molecular weight is 235 g/mol. The number of aliphatic hydroxyl groups excluding tert-OH is 1. The van der Waals surface area contributed by atoms with Crippen LogP contribution in [0, 0.1) is 13.8 Å². The first-order chi connectivity index (χ1) is 8.08. The van der Waals surface area contributed by atoms with Crippen LogP contribution in [0.25, 0.3) is 0 Å². The van der Waals surface area contributed by atoms with Crippen LogP contribution in [0.15, 0.2) is 24.8 Å². The van der Waals surface area contributed by atoms with Crippen molar-refractivity contribution in [3.8, 4) is 5.75 Å². The van der Waals surface area contributed by atoms with Crippen LogP contribution in [0.2, 0.25) is 0 Å². The maximum atomic E-state index is 9.89. The molecule has 0 radical (unpaired) electrons. The lowest BCUT2D eigenvalue weighted by molar-refractivity contribution is 0.202. The molecule has 1 rings (SSSR count). The van der Waals surface area contributed by atoms with E-state index in [1.54, 1.807) is 12.1 Å². The predicted molar refractivity (Wildman–Crippen MR) is 70.1 cm³/mol. The van der Waals surface area contributed by atoms with E-state index in [0.717, 1.165) is 11.1 Å². The molecule has 3 nitrogen and oxygen atoms in total. The van der Waals surface area contributed by atoms with E-state index in [9.17, 15) is 5.11 Å². The van der Waals surface area contributed by atoms with Gasteiger partial charge in [-0.15, -0.1) is 6.58 Å². The number of phenols is 1. The van der Waals surface area contributed by atoms with Crippen molar-refractivity contribution >= 4 is 0 Å². The summed E-state index contributed by atoms with van der Waals surface area (Å²) in [5, 5.41) is 18.9. The predicted octanol–water partition coefficient (Wildman–Crippen LogP) is 1.99. The second-order valence-corrected chi connectivity index (χ2v) is 4.31. The fourth-order valence-corrected chi connectivity index (χ4v) is 1.79. The van der Waals surface area contributed by atoms with Crippen LogP contribution in [0.5, 0.6) is 5.75 Å². The molecule has 1 aromatic carbocycles. The molecule has 0 fully saturated rings. The zero-order chi connectivity index (χ0) is 12.8. The molecular formula is C14H21NO2. The van der Waals surface area contributed by atoms with Crippen molar-refractivity contribution in [1.82, 2.24) is 4.90 Å². The van der Waals surface area contributed by atoms with Crippen molar-refractivity contribution in [2.75, 3.05) is 19.7 Å². The second kappa shape index (κ2) is 6.42. The normalized spacial score (nSPS) is 10.8. The standard InChI is InChI=1S/C14H21NO2/c1-4-5-15(6-7-16)10-13-8-11(2)12(3)9-14(13)17/h4,8-9,16-17H,1,5-7,10H2,2-3H3. The quantitative estimate of drug-likeness (QED) is 0.741. The number of rotatable bonds is 6. The highest BCUT2D eigenvalue weighted by Gasteiger charge is 2.09. The summed E-state index contributed by atoms with van der Waals surface area (Å²) >= 11 is 0. The van der Waals surface area contributed by atoms with Crippen LogP contribution in [0.4, 0.5) is 0 Å². The first-order valence-corrected chi connectivity index (χ1v) is 5.81. The van der Waals surface area contributed by atoms with Crippen LogP contribution in [0.1, 0.15) is 16.7 Å². The molecule has 0 amide bonds. The summed E-state index contributed by atoms with van der Waals surface area (Å²) in [7, 11) is 0. The van der Waals surface area contributed by atoms with Crippen molar-refractivity contribution < 1.29 is 10.2 Å². The molecule has 0 unspecified atom stereocenters. The van der Waals surface area contributed by atoms with Crippen molar-refractivity contribution in [3.05, 3.63) is 41.5 Å². The third-order valence-corrected chi connectivity index (χ3v) is 2.89. The first-order valence-electron chi connectivity index (χ1n) is 5.81. The number of nitrogens with zero attached hydrogens (tertiary/aromatic N) is 1. The molecule has 17 heavy (non-hydrogen) atoms. The Kier molecular flexibility index (Phi) is 5.19. The highest BCUT2D eigenvalue weighted by atomic mass is 16.3. The molecule has 0 heterocycles. The summed E-state index contributed by atoms with van der Waals surface area (Å²) < 4.78 is 0. The SMILES string of the molecule is C=CCN(CCO)Cc1cc(C)c(C)cc1O. The van der Waals surface area contributed by atoms with Gasteiger partial charge < -0.3 is 10.2 Å². The maximum absolute atomic E-state index is 9.89. The molecule has 0 aliphatic heterocycles. The van der Waals surface area contributed by atoms with Gasteiger partial charge in [-0.1, -0.05) is 12.1 Å². The third-order valence-electron chi connectivity index (χ3n) is 2.89. The number of hydrogen-bond acceptors (Lipinski definition) is 3. The van der Waals surface area contributed by atoms with Gasteiger partial charge in [0.15, 0.2) is 0 Å². The van der Waals surface area contributed by atoms with E-state index in [-0.39, 0.29) is 6.61 Å². The second-order valence-electron chi connectivity index (χ2n) is 4.31. The third kappa shape index (κ3) is 3.88. The number of phenolic OH excluding ortho intramolecular Hbond substituents is 1. The molecule has 0 aliphatic rings. The van der Waals surface area contributed by atoms with Gasteiger partial charge >= 0.3 is 0 Å². The summed E-state index contributed by atoms with van der Waals surface area (Å²) in [6, 6.07) is 3.79. The Morgan fingerprint density at radius 2 is 1.94 bits per heavy atom. The smallest absolute Gasteiger partial charge is 0.120 e. The van der Waals surface area contributed by atoms with Gasteiger partial charge in [0, 0.05) is 25.2 Å². The zero-order valence-electron chi connectivity index (χ0n) is 10.6. The van der Waals surface area contributed by atoms with Crippen molar-refractivity contribution in [2.45, 2.75) is 20.4 Å². The monoisotopic (exact) mass is 235 g/mol. The van der Waals surface area contributed by atoms with Gasteiger partial charge in [0.05, 0.1) is 6.61 Å². The van der Waals surface area contributed by atoms with E-state index in [2.05, 4.69) is 6.58 Å². The van der Waals surface area contributed by atoms with Crippen LogP contribution in [-0.2, 0) is 6.54 Å². The Morgan fingerprint density at radius 1 is 1.29 bits per heavy atom. The summed E-state index contributed by atoms with van der Waals surface area (Å²) in [4.78, 5) is 2.04. The van der Waals surface area contributed by atoms with Gasteiger partial charge in [-0.25, -0.2) is 0 Å². The Balaban J connectivity index is 2.84. The summed E-state index contributed by atoms with van der Waals surface area (Å²) in [5.74, 6) is 0.320. The molecule has 0 spiro atoms. The summed E-state index contributed by atoms with van der Waals surface area (Å²) in [5.41, 5.74) is 3.15. The first kappa shape index (κ1) is 13.7. The fourth-order valence-electron chi connectivity index (χ4n) is 1.79. The van der Waals surface area contributed by atoms with Crippen LogP contribution in [0.3, 0.4) is 0 Å². The van der Waals surface area contributed by atoms with E-state index in [1.807, 2.05) is 24.8 Å². The summed E-state index contributed by atoms with van der Waals surface area (Å²) in [6.45, 7) is 9.72. The molecule has 0 aliphatic carbocycles. The number of aliphatic hydroxyl groups is 1. The fraction of sp³-hybridized carbons (Fsp3) is 0.429. The Morgan fingerprint density at radius 3 is 2.53 bits per heavy atom. The number of aryl methyl sites for hydroxylation is 2. The molecule has 1 aromatic rings. The van der Waals surface area contributed by atoms with E-state index in [0.29, 0.717) is 25.4 Å². The van der Waals surface area contributed by atoms with Gasteiger partial charge in [-0.05, 0) is 31.0 Å². The van der Waals surface area contributed by atoms with Crippen molar-refractivity contribution in [3.63, 3.8) is 0 Å². The minimum Gasteiger partial charge on any atom is -0.508 e.